The van der Waals surface area contributed by atoms with E-state index in [0.717, 1.165) is 38.9 Å². The number of carbonyl (C=O) groups is 2. The Morgan fingerprint density at radius 2 is 2.12 bits per heavy atom. The van der Waals surface area contributed by atoms with Gasteiger partial charge in [0.25, 0.3) is 0 Å². The largest absolute Gasteiger partial charge is 0.303 e. The van der Waals surface area contributed by atoms with E-state index in [0.29, 0.717) is 12.3 Å². The van der Waals surface area contributed by atoms with E-state index in [1.165, 1.54) is 6.42 Å². The van der Waals surface area contributed by atoms with Crippen molar-refractivity contribution in [2.75, 3.05) is 19.6 Å². The molecule has 2 aliphatic heterocycles. The molecule has 0 bridgehead atoms. The summed E-state index contributed by atoms with van der Waals surface area (Å²) >= 11 is 0. The fourth-order valence-electron chi connectivity index (χ4n) is 3.08. The Morgan fingerprint density at radius 1 is 1.29 bits per heavy atom. The number of likely N-dealkylation sites (tertiary alicyclic amines) is 1. The third-order valence-electron chi connectivity index (χ3n) is 3.98. The minimum Gasteiger partial charge on any atom is -0.303 e. The first-order chi connectivity index (χ1) is 8.20. The van der Waals surface area contributed by atoms with Gasteiger partial charge >= 0.3 is 0 Å². The third-order valence-corrected chi connectivity index (χ3v) is 3.98. The van der Waals surface area contributed by atoms with E-state index < -0.39 is 0 Å². The maximum atomic E-state index is 11.7. The predicted octanol–water partition coefficient (Wildman–Crippen LogP) is 1.16. The zero-order valence-electron chi connectivity index (χ0n) is 10.6. The summed E-state index contributed by atoms with van der Waals surface area (Å²) in [5.74, 6) is 0.228. The molecule has 2 aliphatic rings. The van der Waals surface area contributed by atoms with Crippen molar-refractivity contribution in [1.82, 2.24) is 10.2 Å². The zero-order valence-corrected chi connectivity index (χ0v) is 10.6. The summed E-state index contributed by atoms with van der Waals surface area (Å²) in [6.07, 6.45) is 4.91. The maximum absolute atomic E-state index is 11.7. The molecule has 4 nitrogen and oxygen atoms in total. The van der Waals surface area contributed by atoms with E-state index in [9.17, 15) is 9.59 Å². The van der Waals surface area contributed by atoms with Crippen LogP contribution in [0.2, 0.25) is 0 Å². The molecule has 0 aromatic heterocycles. The van der Waals surface area contributed by atoms with E-state index in [4.69, 9.17) is 0 Å². The Labute approximate surface area is 103 Å². The summed E-state index contributed by atoms with van der Waals surface area (Å²) < 4.78 is 0. The fourth-order valence-corrected chi connectivity index (χ4v) is 3.08. The summed E-state index contributed by atoms with van der Waals surface area (Å²) in [5, 5.41) is 2.43. The monoisotopic (exact) mass is 238 g/mol. The number of rotatable bonds is 3. The van der Waals surface area contributed by atoms with Crippen LogP contribution in [0.5, 0.6) is 0 Å². The summed E-state index contributed by atoms with van der Waals surface area (Å²) in [7, 11) is 0. The molecule has 96 valence electrons. The zero-order chi connectivity index (χ0) is 12.3. The van der Waals surface area contributed by atoms with E-state index in [2.05, 4.69) is 17.1 Å². The molecule has 0 spiro atoms. The van der Waals surface area contributed by atoms with Crippen LogP contribution in [0, 0.1) is 11.8 Å². The number of hydrogen-bond acceptors (Lipinski definition) is 3. The van der Waals surface area contributed by atoms with Crippen molar-refractivity contribution < 1.29 is 9.59 Å². The van der Waals surface area contributed by atoms with E-state index in [1.54, 1.807) is 0 Å². The Bertz CT molecular complexity index is 304. The summed E-state index contributed by atoms with van der Waals surface area (Å²) in [6, 6.07) is 0. The second-order valence-corrected chi connectivity index (χ2v) is 5.26. The Balaban J connectivity index is 1.90. The molecule has 2 atom stereocenters. The maximum Gasteiger partial charge on any atom is 0.230 e. The molecule has 0 aromatic carbocycles. The summed E-state index contributed by atoms with van der Waals surface area (Å²) in [6.45, 7) is 5.58. The lowest BCUT2D eigenvalue weighted by Crippen LogP contribution is -2.28. The number of nitrogens with zero attached hydrogens (tertiary/aromatic N) is 1. The molecule has 2 amide bonds. The molecule has 0 aliphatic carbocycles. The van der Waals surface area contributed by atoms with Crippen LogP contribution in [-0.4, -0.2) is 36.3 Å². The van der Waals surface area contributed by atoms with Gasteiger partial charge in [0.05, 0.1) is 0 Å². The van der Waals surface area contributed by atoms with Crippen molar-refractivity contribution in [2.45, 2.75) is 39.0 Å². The molecule has 2 unspecified atom stereocenters. The lowest BCUT2D eigenvalue weighted by molar-refractivity contribution is -0.126. The Hall–Kier alpha value is -0.900. The van der Waals surface area contributed by atoms with Crippen LogP contribution in [0.3, 0.4) is 0 Å². The smallest absolute Gasteiger partial charge is 0.230 e. The standard InChI is InChI=1S/C13H22N2O2/c1-2-6-15-7-3-4-10(5-8-15)11-9-12(16)14-13(11)17/h10-11H,2-9H2,1H3,(H,14,16,17). The van der Waals surface area contributed by atoms with Crippen molar-refractivity contribution in [3.63, 3.8) is 0 Å². The lowest BCUT2D eigenvalue weighted by atomic mass is 9.85. The highest BCUT2D eigenvalue weighted by molar-refractivity contribution is 6.03. The molecule has 1 N–H and O–H groups in total. The molecule has 2 fully saturated rings. The fraction of sp³-hybridized carbons (Fsp3) is 0.846. The minimum atomic E-state index is -0.0883. The third kappa shape index (κ3) is 3.06. The van der Waals surface area contributed by atoms with Crippen LogP contribution in [0.4, 0.5) is 0 Å². The lowest BCUT2D eigenvalue weighted by Gasteiger charge is -2.20. The highest BCUT2D eigenvalue weighted by atomic mass is 16.2. The van der Waals surface area contributed by atoms with Crippen LogP contribution < -0.4 is 5.32 Å². The Morgan fingerprint density at radius 3 is 2.76 bits per heavy atom. The second kappa shape index (κ2) is 5.63. The second-order valence-electron chi connectivity index (χ2n) is 5.26. The van der Waals surface area contributed by atoms with Gasteiger partial charge in [-0.1, -0.05) is 6.92 Å². The quantitative estimate of drug-likeness (QED) is 0.751. The topological polar surface area (TPSA) is 49.4 Å². The molecule has 17 heavy (non-hydrogen) atoms. The van der Waals surface area contributed by atoms with Gasteiger partial charge in [0.1, 0.15) is 0 Å². The van der Waals surface area contributed by atoms with Gasteiger partial charge in [-0.2, -0.15) is 0 Å². The minimum absolute atomic E-state index is 0.0380. The van der Waals surface area contributed by atoms with Gasteiger partial charge in [0.2, 0.25) is 11.8 Å². The molecule has 0 radical (unpaired) electrons. The van der Waals surface area contributed by atoms with Gasteiger partial charge in [0, 0.05) is 12.3 Å². The first kappa shape index (κ1) is 12.6. The average molecular weight is 238 g/mol. The van der Waals surface area contributed by atoms with Crippen LogP contribution in [-0.2, 0) is 9.59 Å². The van der Waals surface area contributed by atoms with Gasteiger partial charge in [0.15, 0.2) is 0 Å². The number of hydrogen-bond donors (Lipinski definition) is 1. The summed E-state index contributed by atoms with van der Waals surface area (Å²) in [5.41, 5.74) is 0. The molecular weight excluding hydrogens is 216 g/mol. The normalized spacial score (nSPS) is 31.4. The van der Waals surface area contributed by atoms with Crippen molar-refractivity contribution >= 4 is 11.8 Å². The van der Waals surface area contributed by atoms with Gasteiger partial charge in [-0.25, -0.2) is 0 Å². The number of imide groups is 1. The van der Waals surface area contributed by atoms with Crippen LogP contribution in [0.1, 0.15) is 39.0 Å². The Kier molecular flexibility index (Phi) is 4.15. The number of nitrogens with one attached hydrogen (secondary N) is 1. The van der Waals surface area contributed by atoms with Gasteiger partial charge < -0.3 is 4.90 Å². The van der Waals surface area contributed by atoms with E-state index in [-0.39, 0.29) is 17.7 Å². The molecule has 4 heteroatoms. The molecule has 0 saturated carbocycles. The SMILES string of the molecule is CCCN1CCCC(C2CC(=O)NC2=O)CC1. The van der Waals surface area contributed by atoms with Crippen LogP contribution >= 0.6 is 0 Å². The van der Waals surface area contributed by atoms with E-state index in [1.807, 2.05) is 0 Å². The highest BCUT2D eigenvalue weighted by Crippen LogP contribution is 2.30. The molecule has 0 aromatic rings. The molecular formula is C13H22N2O2. The number of carbonyl (C=O) groups excluding carboxylic acids is 2. The van der Waals surface area contributed by atoms with Gasteiger partial charge in [-0.05, 0) is 51.2 Å². The van der Waals surface area contributed by atoms with Crippen molar-refractivity contribution in [2.24, 2.45) is 11.8 Å². The first-order valence-corrected chi connectivity index (χ1v) is 6.76. The van der Waals surface area contributed by atoms with Crippen molar-refractivity contribution in [1.29, 1.82) is 0 Å². The van der Waals surface area contributed by atoms with Crippen LogP contribution in [0.25, 0.3) is 0 Å². The highest BCUT2D eigenvalue weighted by Gasteiger charge is 2.37. The van der Waals surface area contributed by atoms with E-state index >= 15 is 0 Å². The molecule has 2 rings (SSSR count). The van der Waals surface area contributed by atoms with Gasteiger partial charge in [-0.3, -0.25) is 14.9 Å². The first-order valence-electron chi connectivity index (χ1n) is 6.76. The van der Waals surface area contributed by atoms with Crippen LogP contribution in [0.15, 0.2) is 0 Å². The number of amides is 2. The van der Waals surface area contributed by atoms with Crippen molar-refractivity contribution in [3.8, 4) is 0 Å². The average Bonchev–Trinajstić information content (AvgIpc) is 2.52. The molecule has 2 saturated heterocycles. The van der Waals surface area contributed by atoms with Crippen molar-refractivity contribution in [3.05, 3.63) is 0 Å². The predicted molar refractivity (Wildman–Crippen MR) is 65.3 cm³/mol. The molecule has 2 heterocycles. The summed E-state index contributed by atoms with van der Waals surface area (Å²) in [4.78, 5) is 25.4. The van der Waals surface area contributed by atoms with Gasteiger partial charge in [-0.15, -0.1) is 0 Å².